The molecule has 1 aliphatic heterocycles. The van der Waals surface area contributed by atoms with Gasteiger partial charge in [0.15, 0.2) is 0 Å². The third-order valence-corrected chi connectivity index (χ3v) is 4.26. The van der Waals surface area contributed by atoms with Crippen LogP contribution in [0.4, 0.5) is 0 Å². The van der Waals surface area contributed by atoms with Gasteiger partial charge in [0.05, 0.1) is 21.3 Å². The van der Waals surface area contributed by atoms with Crippen molar-refractivity contribution in [1.29, 1.82) is 0 Å². The monoisotopic (exact) mass is 279 g/mol. The van der Waals surface area contributed by atoms with E-state index in [0.717, 1.165) is 43.2 Å². The van der Waals surface area contributed by atoms with Gasteiger partial charge in [0.25, 0.3) is 0 Å². The fourth-order valence-electron chi connectivity index (χ4n) is 3.13. The minimum absolute atomic E-state index is 0.469. The van der Waals surface area contributed by atoms with E-state index in [0.29, 0.717) is 11.8 Å². The first-order valence-corrected chi connectivity index (χ1v) is 7.25. The summed E-state index contributed by atoms with van der Waals surface area (Å²) in [6, 6.07) is 3.90. The maximum Gasteiger partial charge on any atom is 0.129 e. The summed E-state index contributed by atoms with van der Waals surface area (Å²) in [7, 11) is 5.08. The molecule has 1 fully saturated rings. The number of hydrogen-bond donors (Lipinski definition) is 1. The van der Waals surface area contributed by atoms with Gasteiger partial charge in [-0.3, -0.25) is 0 Å². The number of benzene rings is 1. The second-order valence-corrected chi connectivity index (χ2v) is 5.21. The lowest BCUT2D eigenvalue weighted by atomic mass is 9.79. The van der Waals surface area contributed by atoms with Crippen molar-refractivity contribution >= 4 is 0 Å². The molecule has 0 aliphatic carbocycles. The molecule has 112 valence electrons. The predicted molar refractivity (Wildman–Crippen MR) is 80.1 cm³/mol. The Morgan fingerprint density at radius 3 is 2.25 bits per heavy atom. The first kappa shape index (κ1) is 15.0. The third-order valence-electron chi connectivity index (χ3n) is 4.26. The van der Waals surface area contributed by atoms with Crippen molar-refractivity contribution in [2.45, 2.75) is 25.7 Å². The van der Waals surface area contributed by atoms with Gasteiger partial charge in [0.2, 0.25) is 0 Å². The third kappa shape index (κ3) is 2.85. The standard InChI is InChI=1S/C16H25NO3/c1-5-11-10-17-7-6-13(11)16-14(19-3)8-12(18-2)9-15(16)20-4/h8-9,11,13,17H,5-7,10H2,1-4H3. The number of rotatable bonds is 5. The molecule has 1 saturated heterocycles. The average Bonchev–Trinajstić information content (AvgIpc) is 2.53. The summed E-state index contributed by atoms with van der Waals surface area (Å²) in [5.74, 6) is 3.58. The van der Waals surface area contributed by atoms with E-state index in [2.05, 4.69) is 12.2 Å². The lowest BCUT2D eigenvalue weighted by Gasteiger charge is -2.33. The lowest BCUT2D eigenvalue weighted by molar-refractivity contribution is 0.294. The van der Waals surface area contributed by atoms with Gasteiger partial charge in [-0.1, -0.05) is 13.3 Å². The van der Waals surface area contributed by atoms with Gasteiger partial charge in [0.1, 0.15) is 17.2 Å². The van der Waals surface area contributed by atoms with Crippen LogP contribution in [0.2, 0.25) is 0 Å². The van der Waals surface area contributed by atoms with Crippen molar-refractivity contribution in [3.63, 3.8) is 0 Å². The molecule has 2 unspecified atom stereocenters. The van der Waals surface area contributed by atoms with E-state index in [-0.39, 0.29) is 0 Å². The molecule has 4 nitrogen and oxygen atoms in total. The van der Waals surface area contributed by atoms with Crippen LogP contribution in [0.1, 0.15) is 31.2 Å². The maximum atomic E-state index is 5.60. The van der Waals surface area contributed by atoms with Crippen LogP contribution in [-0.2, 0) is 0 Å². The summed E-state index contributed by atoms with van der Waals surface area (Å²) in [6.07, 6.45) is 2.26. The number of piperidine rings is 1. The molecular formula is C16H25NO3. The molecule has 0 spiro atoms. The van der Waals surface area contributed by atoms with Crippen molar-refractivity contribution in [3.8, 4) is 17.2 Å². The number of hydrogen-bond acceptors (Lipinski definition) is 4. The van der Waals surface area contributed by atoms with Crippen LogP contribution < -0.4 is 19.5 Å². The average molecular weight is 279 g/mol. The molecule has 0 saturated carbocycles. The zero-order valence-electron chi connectivity index (χ0n) is 12.9. The van der Waals surface area contributed by atoms with Crippen LogP contribution >= 0.6 is 0 Å². The zero-order chi connectivity index (χ0) is 14.5. The molecule has 0 aromatic heterocycles. The molecule has 0 bridgehead atoms. The predicted octanol–water partition coefficient (Wildman–Crippen LogP) is 2.82. The highest BCUT2D eigenvalue weighted by molar-refractivity contribution is 5.53. The Kier molecular flexibility index (Phi) is 5.12. The summed E-state index contributed by atoms with van der Waals surface area (Å²) in [5.41, 5.74) is 1.18. The molecule has 1 aromatic rings. The maximum absolute atomic E-state index is 5.60. The second-order valence-electron chi connectivity index (χ2n) is 5.21. The Morgan fingerprint density at radius 1 is 1.10 bits per heavy atom. The lowest BCUT2D eigenvalue weighted by Crippen LogP contribution is -2.35. The minimum atomic E-state index is 0.469. The highest BCUT2D eigenvalue weighted by Crippen LogP contribution is 2.44. The Balaban J connectivity index is 2.47. The van der Waals surface area contributed by atoms with Gasteiger partial charge in [-0.15, -0.1) is 0 Å². The summed E-state index contributed by atoms with van der Waals surface area (Å²) in [4.78, 5) is 0. The van der Waals surface area contributed by atoms with E-state index >= 15 is 0 Å². The van der Waals surface area contributed by atoms with Crippen LogP contribution in [0.15, 0.2) is 12.1 Å². The molecule has 1 aromatic carbocycles. The van der Waals surface area contributed by atoms with Gasteiger partial charge in [0, 0.05) is 17.7 Å². The molecule has 20 heavy (non-hydrogen) atoms. The van der Waals surface area contributed by atoms with Crippen molar-refractivity contribution < 1.29 is 14.2 Å². The minimum Gasteiger partial charge on any atom is -0.496 e. The van der Waals surface area contributed by atoms with Gasteiger partial charge < -0.3 is 19.5 Å². The van der Waals surface area contributed by atoms with Crippen LogP contribution in [0.5, 0.6) is 17.2 Å². The zero-order valence-corrected chi connectivity index (χ0v) is 12.9. The highest BCUT2D eigenvalue weighted by atomic mass is 16.5. The van der Waals surface area contributed by atoms with Crippen LogP contribution in [-0.4, -0.2) is 34.4 Å². The largest absolute Gasteiger partial charge is 0.496 e. The molecule has 0 radical (unpaired) electrons. The fourth-order valence-corrected chi connectivity index (χ4v) is 3.13. The summed E-state index contributed by atoms with van der Waals surface area (Å²) >= 11 is 0. The normalized spacial score (nSPS) is 22.4. The molecule has 4 heteroatoms. The van der Waals surface area contributed by atoms with Crippen molar-refractivity contribution in [3.05, 3.63) is 17.7 Å². The SMILES string of the molecule is CCC1CNCCC1c1c(OC)cc(OC)cc1OC. The number of nitrogens with one attached hydrogen (secondary N) is 1. The highest BCUT2D eigenvalue weighted by Gasteiger charge is 2.30. The fraction of sp³-hybridized carbons (Fsp3) is 0.625. The summed E-state index contributed by atoms with van der Waals surface area (Å²) in [5, 5.41) is 3.48. The first-order valence-electron chi connectivity index (χ1n) is 7.25. The number of ether oxygens (including phenoxy) is 3. The molecular weight excluding hydrogens is 254 g/mol. The van der Waals surface area contributed by atoms with E-state index in [1.54, 1.807) is 21.3 Å². The second kappa shape index (κ2) is 6.84. The van der Waals surface area contributed by atoms with Crippen LogP contribution in [0, 0.1) is 5.92 Å². The van der Waals surface area contributed by atoms with Gasteiger partial charge in [-0.2, -0.15) is 0 Å². The van der Waals surface area contributed by atoms with Crippen molar-refractivity contribution in [1.82, 2.24) is 5.32 Å². The van der Waals surface area contributed by atoms with E-state index in [4.69, 9.17) is 14.2 Å². The van der Waals surface area contributed by atoms with E-state index in [1.807, 2.05) is 12.1 Å². The van der Waals surface area contributed by atoms with Crippen LogP contribution in [0.25, 0.3) is 0 Å². The molecule has 1 N–H and O–H groups in total. The number of methoxy groups -OCH3 is 3. The summed E-state index contributed by atoms with van der Waals surface area (Å²) in [6.45, 7) is 4.34. The Labute approximate surface area is 121 Å². The molecule has 2 rings (SSSR count). The van der Waals surface area contributed by atoms with E-state index < -0.39 is 0 Å². The Bertz CT molecular complexity index is 422. The quantitative estimate of drug-likeness (QED) is 0.899. The van der Waals surface area contributed by atoms with Crippen molar-refractivity contribution in [2.24, 2.45) is 5.92 Å². The molecule has 2 atom stereocenters. The van der Waals surface area contributed by atoms with Gasteiger partial charge >= 0.3 is 0 Å². The smallest absolute Gasteiger partial charge is 0.129 e. The molecule has 1 aliphatic rings. The van der Waals surface area contributed by atoms with Crippen LogP contribution in [0.3, 0.4) is 0 Å². The van der Waals surface area contributed by atoms with E-state index in [9.17, 15) is 0 Å². The van der Waals surface area contributed by atoms with Gasteiger partial charge in [-0.25, -0.2) is 0 Å². The van der Waals surface area contributed by atoms with E-state index in [1.165, 1.54) is 5.56 Å². The first-order chi connectivity index (χ1) is 9.74. The molecule has 1 heterocycles. The Hall–Kier alpha value is -1.42. The van der Waals surface area contributed by atoms with Gasteiger partial charge in [-0.05, 0) is 31.3 Å². The molecule has 0 amide bonds. The topological polar surface area (TPSA) is 39.7 Å². The van der Waals surface area contributed by atoms with Crippen molar-refractivity contribution in [2.75, 3.05) is 34.4 Å². The Morgan fingerprint density at radius 2 is 1.75 bits per heavy atom. The summed E-state index contributed by atoms with van der Waals surface area (Å²) < 4.78 is 16.5.